The van der Waals surface area contributed by atoms with Crippen LogP contribution in [0.25, 0.3) is 0 Å². The Bertz CT molecular complexity index is 543. The van der Waals surface area contributed by atoms with Crippen molar-refractivity contribution < 1.29 is 14.3 Å². The van der Waals surface area contributed by atoms with Gasteiger partial charge in [0.25, 0.3) is 0 Å². The largest absolute Gasteiger partial charge is 0.497 e. The van der Waals surface area contributed by atoms with E-state index in [9.17, 15) is 4.79 Å². The van der Waals surface area contributed by atoms with E-state index in [1.165, 1.54) is 18.1 Å². The van der Waals surface area contributed by atoms with Crippen molar-refractivity contribution >= 4 is 5.97 Å². The van der Waals surface area contributed by atoms with Gasteiger partial charge in [-0.25, -0.2) is 0 Å². The summed E-state index contributed by atoms with van der Waals surface area (Å²) in [5.41, 5.74) is 2.38. The highest BCUT2D eigenvalue weighted by Gasteiger charge is 2.00. The van der Waals surface area contributed by atoms with Gasteiger partial charge in [-0.1, -0.05) is 79.7 Å². The van der Waals surface area contributed by atoms with Crippen molar-refractivity contribution in [3.63, 3.8) is 0 Å². The highest BCUT2D eigenvalue weighted by Crippen LogP contribution is 2.17. The molecule has 0 N–H and O–H groups in total. The van der Waals surface area contributed by atoms with Crippen LogP contribution in [0.15, 0.2) is 48.5 Å². The summed E-state index contributed by atoms with van der Waals surface area (Å²) in [5, 5.41) is 0. The van der Waals surface area contributed by atoms with Gasteiger partial charge in [0.15, 0.2) is 0 Å². The smallest absolute Gasteiger partial charge is 0.308 e. The molecule has 154 valence electrons. The molecule has 0 atom stereocenters. The first-order valence-corrected chi connectivity index (χ1v) is 10.1. The molecular formula is C24H40O3. The van der Waals surface area contributed by atoms with Crippen molar-refractivity contribution in [2.24, 2.45) is 0 Å². The fourth-order valence-electron chi connectivity index (χ4n) is 1.82. The van der Waals surface area contributed by atoms with Gasteiger partial charge in [0.1, 0.15) is 11.5 Å². The van der Waals surface area contributed by atoms with Crippen LogP contribution in [0.4, 0.5) is 0 Å². The number of ether oxygens (including phenoxy) is 2. The topological polar surface area (TPSA) is 35.5 Å². The molecule has 0 saturated heterocycles. The summed E-state index contributed by atoms with van der Waals surface area (Å²) < 4.78 is 10.1. The van der Waals surface area contributed by atoms with Crippen molar-refractivity contribution in [2.45, 2.75) is 68.7 Å². The quantitative estimate of drug-likeness (QED) is 0.414. The highest BCUT2D eigenvalue weighted by atomic mass is 16.5. The summed E-state index contributed by atoms with van der Waals surface area (Å²) in [6.07, 6.45) is 0.838. The van der Waals surface area contributed by atoms with E-state index in [0.29, 0.717) is 5.75 Å². The number of methoxy groups -OCH3 is 1. The minimum absolute atomic E-state index is 0.303. The number of hydrogen-bond acceptors (Lipinski definition) is 3. The average molecular weight is 377 g/mol. The van der Waals surface area contributed by atoms with Crippen LogP contribution in [0.3, 0.4) is 0 Å². The molecule has 0 amide bonds. The lowest BCUT2D eigenvalue weighted by molar-refractivity contribution is -0.131. The predicted molar refractivity (Wildman–Crippen MR) is 119 cm³/mol. The molecule has 0 aromatic heterocycles. The van der Waals surface area contributed by atoms with E-state index < -0.39 is 0 Å². The maximum atomic E-state index is 10.8. The number of hydrogen-bond donors (Lipinski definition) is 0. The lowest BCUT2D eigenvalue weighted by atomic mass is 10.0. The Balaban J connectivity index is -0.000000638. The normalized spacial score (nSPS) is 7.93. The van der Waals surface area contributed by atoms with Crippen molar-refractivity contribution in [1.82, 2.24) is 0 Å². The highest BCUT2D eigenvalue weighted by molar-refractivity contribution is 5.69. The third-order valence-electron chi connectivity index (χ3n) is 2.75. The second kappa shape index (κ2) is 21.8. The summed E-state index contributed by atoms with van der Waals surface area (Å²) in [4.78, 5) is 10.8. The van der Waals surface area contributed by atoms with Gasteiger partial charge < -0.3 is 9.47 Å². The summed E-state index contributed by atoms with van der Waals surface area (Å²) in [6.45, 7) is 17.4. The van der Waals surface area contributed by atoms with Crippen molar-refractivity contribution in [2.75, 3.05) is 7.11 Å². The zero-order chi connectivity index (χ0) is 21.7. The Labute approximate surface area is 167 Å². The molecular weight excluding hydrogens is 336 g/mol. The number of rotatable bonds is 4. The molecule has 0 unspecified atom stereocenters. The second-order valence-electron chi connectivity index (χ2n) is 4.26. The third-order valence-corrected chi connectivity index (χ3v) is 2.75. The number of benzene rings is 2. The molecule has 3 heteroatoms. The van der Waals surface area contributed by atoms with E-state index >= 15 is 0 Å². The number of carbonyl (C=O) groups excluding carboxylic acids is 1. The van der Waals surface area contributed by atoms with Crippen molar-refractivity contribution in [3.8, 4) is 11.5 Å². The monoisotopic (exact) mass is 376 g/mol. The molecule has 3 nitrogen and oxygen atoms in total. The van der Waals surface area contributed by atoms with Gasteiger partial charge in [0, 0.05) is 6.92 Å². The molecule has 0 saturated carbocycles. The lowest BCUT2D eigenvalue weighted by Crippen LogP contribution is -2.01. The van der Waals surface area contributed by atoms with Gasteiger partial charge in [-0.2, -0.15) is 0 Å². The van der Waals surface area contributed by atoms with Crippen molar-refractivity contribution in [1.29, 1.82) is 0 Å². The molecule has 0 aliphatic heterocycles. The van der Waals surface area contributed by atoms with Crippen LogP contribution in [-0.4, -0.2) is 13.1 Å². The molecule has 2 aromatic rings. The predicted octanol–water partition coefficient (Wildman–Crippen LogP) is 7.32. The molecule has 2 rings (SSSR count). The Morgan fingerprint density at radius 1 is 0.667 bits per heavy atom. The molecule has 0 radical (unpaired) electrons. The van der Waals surface area contributed by atoms with Gasteiger partial charge in [-0.15, -0.1) is 0 Å². The van der Waals surface area contributed by atoms with Crippen LogP contribution in [-0.2, 0) is 11.2 Å². The van der Waals surface area contributed by atoms with Crippen LogP contribution in [0.5, 0.6) is 11.5 Å². The standard InChI is InChI=1S/C16H16O3.4C2H6/c1-12(17)19-16-9-5-14(6-10-16)11-13-3-7-15(18-2)8-4-13;4*1-2/h3-10H,11H2,1-2H3;4*1-2H3. The summed E-state index contributed by atoms with van der Waals surface area (Å²) in [7, 11) is 1.66. The van der Waals surface area contributed by atoms with Crippen LogP contribution >= 0.6 is 0 Å². The molecule has 0 bridgehead atoms. The van der Waals surface area contributed by atoms with Crippen molar-refractivity contribution in [3.05, 3.63) is 59.7 Å². The van der Waals surface area contributed by atoms with E-state index in [0.717, 1.165) is 12.2 Å². The first-order valence-electron chi connectivity index (χ1n) is 10.1. The van der Waals surface area contributed by atoms with Crippen LogP contribution in [0.1, 0.15) is 73.4 Å². The van der Waals surface area contributed by atoms with Gasteiger partial charge in [-0.3, -0.25) is 4.79 Å². The molecule has 0 aliphatic rings. The van der Waals surface area contributed by atoms with Crippen LogP contribution in [0, 0.1) is 0 Å². The minimum Gasteiger partial charge on any atom is -0.497 e. The van der Waals surface area contributed by atoms with Gasteiger partial charge in [0.2, 0.25) is 0 Å². The molecule has 0 heterocycles. The summed E-state index contributed by atoms with van der Waals surface area (Å²) in [6, 6.07) is 15.5. The van der Waals surface area contributed by atoms with Gasteiger partial charge in [-0.05, 0) is 41.8 Å². The fourth-order valence-corrected chi connectivity index (χ4v) is 1.82. The first kappa shape index (κ1) is 29.5. The van der Waals surface area contributed by atoms with E-state index in [4.69, 9.17) is 9.47 Å². The van der Waals surface area contributed by atoms with E-state index in [1.807, 2.05) is 91.8 Å². The molecule has 27 heavy (non-hydrogen) atoms. The van der Waals surface area contributed by atoms with E-state index in [1.54, 1.807) is 19.2 Å². The summed E-state index contributed by atoms with van der Waals surface area (Å²) in [5.74, 6) is 1.13. The molecule has 0 spiro atoms. The fraction of sp³-hybridized carbons (Fsp3) is 0.458. The van der Waals surface area contributed by atoms with E-state index in [2.05, 4.69) is 0 Å². The maximum Gasteiger partial charge on any atom is 0.308 e. The maximum absolute atomic E-state index is 10.8. The Morgan fingerprint density at radius 2 is 1.00 bits per heavy atom. The van der Waals surface area contributed by atoms with Gasteiger partial charge in [0.05, 0.1) is 7.11 Å². The molecule has 2 aromatic carbocycles. The Kier molecular flexibility index (Phi) is 23.7. The molecule has 0 aliphatic carbocycles. The zero-order valence-electron chi connectivity index (χ0n) is 19.1. The van der Waals surface area contributed by atoms with Crippen LogP contribution in [0.2, 0.25) is 0 Å². The zero-order valence-corrected chi connectivity index (χ0v) is 19.1. The minimum atomic E-state index is -0.303. The lowest BCUT2D eigenvalue weighted by Gasteiger charge is -2.05. The summed E-state index contributed by atoms with van der Waals surface area (Å²) >= 11 is 0. The van der Waals surface area contributed by atoms with E-state index in [-0.39, 0.29) is 5.97 Å². The Morgan fingerprint density at radius 3 is 1.30 bits per heavy atom. The second-order valence-corrected chi connectivity index (χ2v) is 4.26. The first-order chi connectivity index (χ1) is 13.2. The molecule has 0 fully saturated rings. The SMILES string of the molecule is CC.CC.CC.CC.COc1ccc(Cc2ccc(OC(C)=O)cc2)cc1. The van der Waals surface area contributed by atoms with Crippen LogP contribution < -0.4 is 9.47 Å². The third kappa shape index (κ3) is 14.6. The Hall–Kier alpha value is -2.29. The average Bonchev–Trinajstić information content (AvgIpc) is 2.75. The number of esters is 1. The number of carbonyl (C=O) groups is 1. The van der Waals surface area contributed by atoms with Gasteiger partial charge >= 0.3 is 5.97 Å².